The number of fused-ring (bicyclic) bond motifs is 1. The summed E-state index contributed by atoms with van der Waals surface area (Å²) in [6, 6.07) is 7.70. The van der Waals surface area contributed by atoms with Crippen LogP contribution in [0.25, 0.3) is 10.9 Å². The lowest BCUT2D eigenvalue weighted by atomic mass is 10.0. The maximum atomic E-state index is 12.4. The molecule has 1 aliphatic heterocycles. The largest absolute Gasteiger partial charge is 0.386 e. The minimum Gasteiger partial charge on any atom is -0.386 e. The van der Waals surface area contributed by atoms with Crippen molar-refractivity contribution in [2.24, 2.45) is 0 Å². The van der Waals surface area contributed by atoms with Crippen molar-refractivity contribution in [1.82, 2.24) is 10.3 Å². The zero-order valence-electron chi connectivity index (χ0n) is 11.4. The standard InChI is InChI=1S/C15H18N2O3/c1-10-13(11-4-2-3-5-12(11)17-10)14(18)16-8-15(19)6-7-20-9-15/h2-5,17,19H,6-9H2,1H3,(H,16,18). The zero-order chi connectivity index (χ0) is 14.2. The number of para-hydroxylation sites is 1. The third-order valence-corrected chi connectivity index (χ3v) is 3.78. The van der Waals surface area contributed by atoms with Crippen molar-refractivity contribution in [2.75, 3.05) is 19.8 Å². The number of carbonyl (C=O) groups excluding carboxylic acids is 1. The van der Waals surface area contributed by atoms with Crippen LogP contribution in [-0.4, -0.2) is 41.4 Å². The molecule has 0 aliphatic carbocycles. The van der Waals surface area contributed by atoms with Crippen LogP contribution in [0.2, 0.25) is 0 Å². The molecule has 1 aliphatic rings. The Bertz CT molecular complexity index is 642. The normalized spacial score (nSPS) is 22.3. The van der Waals surface area contributed by atoms with Gasteiger partial charge in [-0.1, -0.05) is 18.2 Å². The van der Waals surface area contributed by atoms with E-state index in [-0.39, 0.29) is 19.1 Å². The molecule has 3 N–H and O–H groups in total. The van der Waals surface area contributed by atoms with E-state index in [9.17, 15) is 9.90 Å². The number of aromatic nitrogens is 1. The summed E-state index contributed by atoms with van der Waals surface area (Å²) < 4.78 is 5.17. The summed E-state index contributed by atoms with van der Waals surface area (Å²) in [6.45, 7) is 2.91. The molecule has 1 fully saturated rings. The molecular weight excluding hydrogens is 256 g/mol. The van der Waals surface area contributed by atoms with Gasteiger partial charge in [0.25, 0.3) is 5.91 Å². The van der Waals surface area contributed by atoms with Crippen molar-refractivity contribution >= 4 is 16.8 Å². The van der Waals surface area contributed by atoms with E-state index in [0.717, 1.165) is 16.6 Å². The Morgan fingerprint density at radius 2 is 2.30 bits per heavy atom. The van der Waals surface area contributed by atoms with E-state index in [0.29, 0.717) is 18.6 Å². The molecule has 0 saturated carbocycles. The molecule has 5 heteroatoms. The molecule has 0 bridgehead atoms. The monoisotopic (exact) mass is 274 g/mol. The molecule has 5 nitrogen and oxygen atoms in total. The zero-order valence-corrected chi connectivity index (χ0v) is 11.4. The summed E-state index contributed by atoms with van der Waals surface area (Å²) in [4.78, 5) is 15.6. The molecule has 0 spiro atoms. The highest BCUT2D eigenvalue weighted by Crippen LogP contribution is 2.22. The van der Waals surface area contributed by atoms with Crippen molar-refractivity contribution in [3.63, 3.8) is 0 Å². The fourth-order valence-electron chi connectivity index (χ4n) is 2.64. The average Bonchev–Trinajstić information content (AvgIpc) is 2.99. The van der Waals surface area contributed by atoms with E-state index >= 15 is 0 Å². The van der Waals surface area contributed by atoms with Crippen LogP contribution in [0.5, 0.6) is 0 Å². The van der Waals surface area contributed by atoms with Gasteiger partial charge in [0.1, 0.15) is 5.60 Å². The fraction of sp³-hybridized carbons (Fsp3) is 0.400. The number of hydrogen-bond donors (Lipinski definition) is 3. The molecule has 1 atom stereocenters. The summed E-state index contributed by atoms with van der Waals surface area (Å²) in [7, 11) is 0. The fourth-order valence-corrected chi connectivity index (χ4v) is 2.64. The second-order valence-electron chi connectivity index (χ2n) is 5.38. The Labute approximate surface area is 116 Å². The Hall–Kier alpha value is -1.85. The highest BCUT2D eigenvalue weighted by Gasteiger charge is 2.32. The van der Waals surface area contributed by atoms with E-state index in [4.69, 9.17) is 4.74 Å². The number of amides is 1. The highest BCUT2D eigenvalue weighted by molar-refractivity contribution is 6.08. The van der Waals surface area contributed by atoms with Crippen molar-refractivity contribution < 1.29 is 14.6 Å². The number of H-pyrrole nitrogens is 1. The van der Waals surface area contributed by atoms with E-state index in [2.05, 4.69) is 10.3 Å². The van der Waals surface area contributed by atoms with Gasteiger partial charge in [-0.15, -0.1) is 0 Å². The Kier molecular flexibility index (Phi) is 3.23. The number of benzene rings is 1. The SMILES string of the molecule is Cc1[nH]c2ccccc2c1C(=O)NCC1(O)CCOC1. The predicted octanol–water partition coefficient (Wildman–Crippen LogP) is 1.36. The molecule has 106 valence electrons. The van der Waals surface area contributed by atoms with E-state index < -0.39 is 5.60 Å². The van der Waals surface area contributed by atoms with Crippen LogP contribution >= 0.6 is 0 Å². The molecule has 1 unspecified atom stereocenters. The third kappa shape index (κ3) is 2.30. The molecule has 1 amide bonds. The molecule has 20 heavy (non-hydrogen) atoms. The van der Waals surface area contributed by atoms with Crippen LogP contribution in [0.15, 0.2) is 24.3 Å². The summed E-state index contributed by atoms with van der Waals surface area (Å²) in [6.07, 6.45) is 0.556. The predicted molar refractivity (Wildman–Crippen MR) is 75.8 cm³/mol. The molecule has 1 aromatic heterocycles. The first-order valence-electron chi connectivity index (χ1n) is 6.75. The maximum absolute atomic E-state index is 12.4. The van der Waals surface area contributed by atoms with Gasteiger partial charge in [-0.2, -0.15) is 0 Å². The lowest BCUT2D eigenvalue weighted by Gasteiger charge is -2.20. The first-order valence-corrected chi connectivity index (χ1v) is 6.75. The van der Waals surface area contributed by atoms with E-state index in [1.165, 1.54) is 0 Å². The van der Waals surface area contributed by atoms with Crippen LogP contribution in [0.3, 0.4) is 0 Å². The first-order chi connectivity index (χ1) is 9.59. The molecule has 0 radical (unpaired) electrons. The maximum Gasteiger partial charge on any atom is 0.253 e. The van der Waals surface area contributed by atoms with Crippen LogP contribution in [0.1, 0.15) is 22.5 Å². The number of aliphatic hydroxyl groups is 1. The van der Waals surface area contributed by atoms with Crippen LogP contribution in [0.4, 0.5) is 0 Å². The van der Waals surface area contributed by atoms with Gasteiger partial charge in [0.05, 0.1) is 12.2 Å². The highest BCUT2D eigenvalue weighted by atomic mass is 16.5. The van der Waals surface area contributed by atoms with Crippen molar-refractivity contribution in [2.45, 2.75) is 18.9 Å². The van der Waals surface area contributed by atoms with Gasteiger partial charge in [0, 0.05) is 36.2 Å². The number of ether oxygens (including phenoxy) is 1. The molecule has 1 aromatic carbocycles. The van der Waals surface area contributed by atoms with Gasteiger partial charge in [0.2, 0.25) is 0 Å². The minimum atomic E-state index is -0.935. The van der Waals surface area contributed by atoms with Crippen LogP contribution < -0.4 is 5.32 Å². The quantitative estimate of drug-likeness (QED) is 0.791. The number of carbonyl (C=O) groups is 1. The smallest absolute Gasteiger partial charge is 0.253 e. The van der Waals surface area contributed by atoms with Crippen molar-refractivity contribution in [1.29, 1.82) is 0 Å². The number of rotatable bonds is 3. The summed E-state index contributed by atoms with van der Waals surface area (Å²) in [5, 5.41) is 13.9. The summed E-state index contributed by atoms with van der Waals surface area (Å²) >= 11 is 0. The second kappa shape index (κ2) is 4.92. The second-order valence-corrected chi connectivity index (χ2v) is 5.38. The van der Waals surface area contributed by atoms with E-state index in [1.54, 1.807) is 0 Å². The van der Waals surface area contributed by atoms with Crippen LogP contribution in [-0.2, 0) is 4.74 Å². The first kappa shape index (κ1) is 13.1. The molecule has 2 heterocycles. The van der Waals surface area contributed by atoms with Gasteiger partial charge in [-0.25, -0.2) is 0 Å². The van der Waals surface area contributed by atoms with Gasteiger partial charge < -0.3 is 20.1 Å². The lowest BCUT2D eigenvalue weighted by Crippen LogP contribution is -2.43. The molecule has 3 rings (SSSR count). The number of nitrogens with one attached hydrogen (secondary N) is 2. The average molecular weight is 274 g/mol. The number of hydrogen-bond acceptors (Lipinski definition) is 3. The Morgan fingerprint density at radius 3 is 3.05 bits per heavy atom. The number of aromatic amines is 1. The lowest BCUT2D eigenvalue weighted by molar-refractivity contribution is 0.0265. The molecule has 2 aromatic rings. The van der Waals surface area contributed by atoms with Gasteiger partial charge >= 0.3 is 0 Å². The molecular formula is C15H18N2O3. The van der Waals surface area contributed by atoms with Gasteiger partial charge in [0.15, 0.2) is 0 Å². The van der Waals surface area contributed by atoms with Crippen LogP contribution in [0, 0.1) is 6.92 Å². The minimum absolute atomic E-state index is 0.166. The van der Waals surface area contributed by atoms with Gasteiger partial charge in [-0.05, 0) is 13.0 Å². The van der Waals surface area contributed by atoms with Gasteiger partial charge in [-0.3, -0.25) is 4.79 Å². The molecule has 1 saturated heterocycles. The topological polar surface area (TPSA) is 74.4 Å². The van der Waals surface area contributed by atoms with Crippen molar-refractivity contribution in [3.8, 4) is 0 Å². The van der Waals surface area contributed by atoms with E-state index in [1.807, 2.05) is 31.2 Å². The summed E-state index contributed by atoms with van der Waals surface area (Å²) in [5.41, 5.74) is 1.48. The summed E-state index contributed by atoms with van der Waals surface area (Å²) in [5.74, 6) is -0.166. The third-order valence-electron chi connectivity index (χ3n) is 3.78. The number of aryl methyl sites for hydroxylation is 1. The Morgan fingerprint density at radius 1 is 1.50 bits per heavy atom. The van der Waals surface area contributed by atoms with Crippen molar-refractivity contribution in [3.05, 3.63) is 35.5 Å². The Balaban J connectivity index is 1.80.